The van der Waals surface area contributed by atoms with E-state index >= 15 is 0 Å². The quantitative estimate of drug-likeness (QED) is 0.619. The monoisotopic (exact) mass is 327 g/mol. The lowest BCUT2D eigenvalue weighted by Gasteiger charge is -2.10. The molecule has 1 heterocycles. The molecule has 1 aliphatic rings. The highest BCUT2D eigenvalue weighted by Crippen LogP contribution is 2.40. The third-order valence-electron chi connectivity index (χ3n) is 3.96. The fourth-order valence-corrected chi connectivity index (χ4v) is 3.45. The molecule has 0 bridgehead atoms. The van der Waals surface area contributed by atoms with Crippen molar-refractivity contribution in [2.75, 3.05) is 11.9 Å². The molecule has 19 heavy (non-hydrogen) atoms. The summed E-state index contributed by atoms with van der Waals surface area (Å²) >= 11 is 3.43. The zero-order valence-electron chi connectivity index (χ0n) is 11.6. The van der Waals surface area contributed by atoms with Crippen LogP contribution in [-0.4, -0.2) is 6.54 Å². The second kappa shape index (κ2) is 7.28. The van der Waals surface area contributed by atoms with Crippen LogP contribution >= 0.6 is 15.9 Å². The molecule has 0 radical (unpaired) electrons. The molecule has 0 amide bonds. The normalized spacial score (nSPS) is 17.3. The molecule has 106 valence electrons. The third-order valence-corrected chi connectivity index (χ3v) is 4.58. The number of hydrogen-bond acceptors (Lipinski definition) is 1. The molecule has 1 aromatic carbocycles. The van der Waals surface area contributed by atoms with E-state index in [1.54, 1.807) is 12.1 Å². The van der Waals surface area contributed by atoms with E-state index in [-0.39, 0.29) is 5.82 Å². The van der Waals surface area contributed by atoms with Gasteiger partial charge in [-0.25, -0.2) is 4.39 Å². The van der Waals surface area contributed by atoms with E-state index in [1.807, 2.05) is 0 Å². The summed E-state index contributed by atoms with van der Waals surface area (Å²) in [7, 11) is 0. The van der Waals surface area contributed by atoms with Gasteiger partial charge in [0, 0.05) is 16.9 Å². The van der Waals surface area contributed by atoms with Crippen molar-refractivity contribution in [1.29, 1.82) is 0 Å². The average Bonchev–Trinajstić information content (AvgIpc) is 2.77. The Kier molecular flexibility index (Phi) is 5.68. The summed E-state index contributed by atoms with van der Waals surface area (Å²) in [5.41, 5.74) is 2.25. The first-order chi connectivity index (χ1) is 9.22. The Labute approximate surface area is 124 Å². The maximum Gasteiger partial charge on any atom is 0.124 e. The second-order valence-electron chi connectivity index (χ2n) is 5.49. The van der Waals surface area contributed by atoms with Gasteiger partial charge in [-0.15, -0.1) is 0 Å². The van der Waals surface area contributed by atoms with Crippen LogP contribution < -0.4 is 5.32 Å². The van der Waals surface area contributed by atoms with Crippen molar-refractivity contribution in [3.8, 4) is 0 Å². The first-order valence-electron chi connectivity index (χ1n) is 7.45. The standard InChI is InChI=1S/C16H23BrFN/c1-2-3-4-5-6-7-8-12-11-19-16-14(12)9-13(18)10-15(16)17/h9-10,12,19H,2-8,11H2,1H3. The summed E-state index contributed by atoms with van der Waals surface area (Å²) in [6, 6.07) is 3.24. The number of rotatable bonds is 7. The van der Waals surface area contributed by atoms with Crippen molar-refractivity contribution in [1.82, 2.24) is 0 Å². The van der Waals surface area contributed by atoms with Crippen LogP contribution in [0.15, 0.2) is 16.6 Å². The number of anilines is 1. The Hall–Kier alpha value is -0.570. The van der Waals surface area contributed by atoms with Gasteiger partial charge in [-0.1, -0.05) is 45.4 Å². The molecule has 0 aliphatic carbocycles. The molecule has 1 aromatic rings. The van der Waals surface area contributed by atoms with Crippen molar-refractivity contribution in [3.05, 3.63) is 28.0 Å². The Balaban J connectivity index is 1.82. The zero-order valence-corrected chi connectivity index (χ0v) is 13.2. The highest BCUT2D eigenvalue weighted by Gasteiger charge is 2.24. The molecule has 1 aliphatic heterocycles. The van der Waals surface area contributed by atoms with Gasteiger partial charge in [0.05, 0.1) is 5.69 Å². The van der Waals surface area contributed by atoms with Gasteiger partial charge in [-0.05, 0) is 40.0 Å². The molecule has 0 fully saturated rings. The highest BCUT2D eigenvalue weighted by atomic mass is 79.9. The van der Waals surface area contributed by atoms with Gasteiger partial charge < -0.3 is 5.32 Å². The number of benzene rings is 1. The van der Waals surface area contributed by atoms with Crippen LogP contribution in [0.3, 0.4) is 0 Å². The predicted molar refractivity (Wildman–Crippen MR) is 83.3 cm³/mol. The van der Waals surface area contributed by atoms with E-state index in [0.717, 1.165) is 22.3 Å². The number of fused-ring (bicyclic) bond motifs is 1. The van der Waals surface area contributed by atoms with Gasteiger partial charge in [0.15, 0.2) is 0 Å². The summed E-state index contributed by atoms with van der Waals surface area (Å²) in [6.07, 6.45) is 9.08. The van der Waals surface area contributed by atoms with Crippen LogP contribution in [0, 0.1) is 5.82 Å². The summed E-state index contributed by atoms with van der Waals surface area (Å²) in [5.74, 6) is 0.343. The largest absolute Gasteiger partial charge is 0.383 e. The van der Waals surface area contributed by atoms with Gasteiger partial charge in [0.1, 0.15) is 5.82 Å². The van der Waals surface area contributed by atoms with Crippen LogP contribution in [-0.2, 0) is 0 Å². The maximum atomic E-state index is 13.5. The number of unbranched alkanes of at least 4 members (excludes halogenated alkanes) is 5. The molecule has 0 saturated heterocycles. The van der Waals surface area contributed by atoms with Gasteiger partial charge in [-0.2, -0.15) is 0 Å². The maximum absolute atomic E-state index is 13.5. The lowest BCUT2D eigenvalue weighted by Crippen LogP contribution is -2.01. The molecule has 3 heteroatoms. The molecule has 0 spiro atoms. The number of hydrogen-bond donors (Lipinski definition) is 1. The zero-order chi connectivity index (χ0) is 13.7. The van der Waals surface area contributed by atoms with Crippen LogP contribution in [0.1, 0.15) is 63.4 Å². The van der Waals surface area contributed by atoms with Crippen molar-refractivity contribution < 1.29 is 4.39 Å². The summed E-state index contributed by atoms with van der Waals surface area (Å²) in [6.45, 7) is 3.19. The van der Waals surface area contributed by atoms with E-state index in [1.165, 1.54) is 44.9 Å². The molecule has 1 nitrogen and oxygen atoms in total. The molecule has 1 N–H and O–H groups in total. The average molecular weight is 328 g/mol. The summed E-state index contributed by atoms with van der Waals surface area (Å²) in [4.78, 5) is 0. The molecular weight excluding hydrogens is 305 g/mol. The van der Waals surface area contributed by atoms with Crippen molar-refractivity contribution >= 4 is 21.6 Å². The Morgan fingerprint density at radius 2 is 1.95 bits per heavy atom. The van der Waals surface area contributed by atoms with E-state index in [0.29, 0.717) is 5.92 Å². The summed E-state index contributed by atoms with van der Waals surface area (Å²) < 4.78 is 14.3. The summed E-state index contributed by atoms with van der Waals surface area (Å²) in [5, 5.41) is 3.39. The fraction of sp³-hybridized carbons (Fsp3) is 0.625. The van der Waals surface area contributed by atoms with Crippen molar-refractivity contribution in [2.24, 2.45) is 0 Å². The smallest absolute Gasteiger partial charge is 0.124 e. The van der Waals surface area contributed by atoms with E-state index in [4.69, 9.17) is 0 Å². The van der Waals surface area contributed by atoms with Crippen LogP contribution in [0.2, 0.25) is 0 Å². The lowest BCUT2D eigenvalue weighted by molar-refractivity contribution is 0.554. The molecule has 1 atom stereocenters. The SMILES string of the molecule is CCCCCCCCC1CNc2c(Br)cc(F)cc21. The molecule has 1 unspecified atom stereocenters. The van der Waals surface area contributed by atoms with E-state index < -0.39 is 0 Å². The van der Waals surface area contributed by atoms with Crippen molar-refractivity contribution in [3.63, 3.8) is 0 Å². The third kappa shape index (κ3) is 3.95. The fourth-order valence-electron chi connectivity index (χ4n) is 2.87. The Bertz CT molecular complexity index is 419. The minimum atomic E-state index is -0.137. The van der Waals surface area contributed by atoms with Crippen LogP contribution in [0.4, 0.5) is 10.1 Å². The van der Waals surface area contributed by atoms with E-state index in [2.05, 4.69) is 28.2 Å². The van der Waals surface area contributed by atoms with Crippen molar-refractivity contribution in [2.45, 2.75) is 57.8 Å². The lowest BCUT2D eigenvalue weighted by atomic mass is 9.94. The first kappa shape index (κ1) is 14.8. The predicted octanol–water partition coefficient (Wildman–Crippen LogP) is 5.85. The minimum Gasteiger partial charge on any atom is -0.383 e. The highest BCUT2D eigenvalue weighted by molar-refractivity contribution is 9.10. The van der Waals surface area contributed by atoms with Gasteiger partial charge in [0.25, 0.3) is 0 Å². The molecular formula is C16H23BrFN. The Morgan fingerprint density at radius 3 is 2.74 bits per heavy atom. The van der Waals surface area contributed by atoms with Crippen LogP contribution in [0.5, 0.6) is 0 Å². The van der Waals surface area contributed by atoms with Gasteiger partial charge in [0.2, 0.25) is 0 Å². The minimum absolute atomic E-state index is 0.137. The topological polar surface area (TPSA) is 12.0 Å². The first-order valence-corrected chi connectivity index (χ1v) is 8.24. The van der Waals surface area contributed by atoms with E-state index in [9.17, 15) is 4.39 Å². The second-order valence-corrected chi connectivity index (χ2v) is 6.34. The van der Waals surface area contributed by atoms with Gasteiger partial charge in [-0.3, -0.25) is 0 Å². The molecule has 0 saturated carbocycles. The van der Waals surface area contributed by atoms with Gasteiger partial charge >= 0.3 is 0 Å². The Morgan fingerprint density at radius 1 is 1.21 bits per heavy atom. The molecule has 2 rings (SSSR count). The van der Waals surface area contributed by atoms with Crippen LogP contribution in [0.25, 0.3) is 0 Å². The number of halogens is 2. The number of nitrogens with one attached hydrogen (secondary N) is 1. The molecule has 0 aromatic heterocycles.